The second-order valence-corrected chi connectivity index (χ2v) is 12.6. The van der Waals surface area contributed by atoms with E-state index in [2.05, 4.69) is 34.3 Å². The van der Waals surface area contributed by atoms with E-state index in [0.717, 1.165) is 60.8 Å². The number of hydrogen-bond acceptors (Lipinski definition) is 6. The maximum absolute atomic E-state index is 13.9. The predicted molar refractivity (Wildman–Crippen MR) is 133 cm³/mol. The van der Waals surface area contributed by atoms with Gasteiger partial charge in [0, 0.05) is 39.7 Å². The summed E-state index contributed by atoms with van der Waals surface area (Å²) in [6, 6.07) is 11.2. The van der Waals surface area contributed by atoms with Gasteiger partial charge in [0.1, 0.15) is 16.5 Å². The maximum atomic E-state index is 13.9. The fourth-order valence-electron chi connectivity index (χ4n) is 4.52. The molecule has 1 saturated carbocycles. The summed E-state index contributed by atoms with van der Waals surface area (Å²) in [7, 11) is -4.02. The third-order valence-corrected chi connectivity index (χ3v) is 9.92. The van der Waals surface area contributed by atoms with Crippen LogP contribution in [0.2, 0.25) is 0 Å². The number of thioether (sulfide) groups is 1. The summed E-state index contributed by atoms with van der Waals surface area (Å²) in [5, 5.41) is 4.54. The Kier molecular flexibility index (Phi) is 6.92. The highest BCUT2D eigenvalue weighted by atomic mass is 32.2. The lowest BCUT2D eigenvalue weighted by Gasteiger charge is -2.29. The number of thiazole rings is 1. The number of nitrogens with one attached hydrogen (secondary N) is 2. The normalized spacial score (nSPS) is 20.3. The zero-order valence-electron chi connectivity index (χ0n) is 18.4. The fourth-order valence-corrected chi connectivity index (χ4v) is 7.90. The summed E-state index contributed by atoms with van der Waals surface area (Å²) in [5.41, 5.74) is 2.29. The number of aryl methyl sites for hydroxylation is 1. The van der Waals surface area contributed by atoms with Gasteiger partial charge in [0.2, 0.25) is 10.0 Å². The van der Waals surface area contributed by atoms with Crippen LogP contribution in [-0.4, -0.2) is 31.7 Å². The molecule has 0 bridgehead atoms. The van der Waals surface area contributed by atoms with Crippen molar-refractivity contribution in [3.05, 3.63) is 59.0 Å². The average molecular weight is 522 g/mol. The summed E-state index contributed by atoms with van der Waals surface area (Å²) >= 11 is 3.61. The van der Waals surface area contributed by atoms with Gasteiger partial charge in [-0.05, 0) is 56.2 Å². The molecule has 180 valence electrons. The molecule has 0 spiro atoms. The minimum atomic E-state index is -4.02. The fraction of sp³-hybridized carbons (Fsp3) is 0.375. The zero-order valence-corrected chi connectivity index (χ0v) is 20.8. The highest BCUT2D eigenvalue weighted by Gasteiger charge is 2.26. The molecule has 0 atom stereocenters. The Bertz CT molecular complexity index is 1290. The second-order valence-electron chi connectivity index (χ2n) is 8.67. The van der Waals surface area contributed by atoms with Crippen molar-refractivity contribution in [2.45, 2.75) is 47.9 Å². The van der Waals surface area contributed by atoms with Crippen molar-refractivity contribution >= 4 is 38.3 Å². The molecule has 0 saturated heterocycles. The lowest BCUT2D eigenvalue weighted by molar-refractivity contribution is 0.337. The first-order valence-corrected chi connectivity index (χ1v) is 14.6. The third kappa shape index (κ3) is 5.15. The molecule has 1 fully saturated rings. The predicted octanol–water partition coefficient (Wildman–Crippen LogP) is 5.69. The number of nitrogens with zero attached hydrogens (tertiary/aromatic N) is 1. The van der Waals surface area contributed by atoms with E-state index >= 15 is 0 Å². The van der Waals surface area contributed by atoms with E-state index in [9.17, 15) is 17.2 Å². The number of anilines is 1. The van der Waals surface area contributed by atoms with Crippen LogP contribution < -0.4 is 10.0 Å². The van der Waals surface area contributed by atoms with Crippen molar-refractivity contribution in [1.29, 1.82) is 0 Å². The van der Waals surface area contributed by atoms with Crippen LogP contribution in [0, 0.1) is 17.6 Å². The van der Waals surface area contributed by atoms with Gasteiger partial charge in [0.15, 0.2) is 5.13 Å². The summed E-state index contributed by atoms with van der Waals surface area (Å²) in [4.78, 5) is 7.00. The molecule has 2 N–H and O–H groups in total. The van der Waals surface area contributed by atoms with Gasteiger partial charge in [-0.25, -0.2) is 26.9 Å². The van der Waals surface area contributed by atoms with E-state index in [1.54, 1.807) is 11.3 Å². The molecular formula is C24H25F2N3O2S3. The van der Waals surface area contributed by atoms with Crippen molar-refractivity contribution in [1.82, 2.24) is 9.71 Å². The molecular weight excluding hydrogens is 496 g/mol. The molecule has 5 nitrogen and oxygen atoms in total. The van der Waals surface area contributed by atoms with E-state index in [4.69, 9.17) is 4.98 Å². The summed E-state index contributed by atoms with van der Waals surface area (Å²) in [6.07, 6.45) is 4.55. The standard InChI is InChI=1S/C24H25F2N3O2S3/c25-16-7-10-22(19(26)13-16)34(30,31)27-14-15-5-8-17(9-6-15)28-24-29-23-18-3-1-2-4-20(18)32-12-11-21(23)33-24/h1-4,7,10,13,15,17,27H,5-6,8-9,11-12,14H2,(H,28,29). The Morgan fingerprint density at radius 2 is 1.85 bits per heavy atom. The molecule has 2 aliphatic rings. The van der Waals surface area contributed by atoms with E-state index in [1.807, 2.05) is 11.8 Å². The van der Waals surface area contributed by atoms with Crippen LogP contribution in [0.15, 0.2) is 52.3 Å². The minimum Gasteiger partial charge on any atom is -0.359 e. The molecule has 34 heavy (non-hydrogen) atoms. The Balaban J connectivity index is 1.16. The first-order valence-electron chi connectivity index (χ1n) is 11.3. The van der Waals surface area contributed by atoms with Crippen molar-refractivity contribution < 1.29 is 17.2 Å². The molecule has 0 amide bonds. The van der Waals surface area contributed by atoms with Crippen LogP contribution in [0.25, 0.3) is 11.3 Å². The van der Waals surface area contributed by atoms with Crippen LogP contribution in [0.3, 0.4) is 0 Å². The molecule has 5 rings (SSSR count). The monoisotopic (exact) mass is 521 g/mol. The molecule has 0 radical (unpaired) electrons. The van der Waals surface area contributed by atoms with Gasteiger partial charge in [-0.2, -0.15) is 0 Å². The number of halogens is 2. The van der Waals surface area contributed by atoms with Crippen molar-refractivity contribution in [2.24, 2.45) is 5.92 Å². The number of hydrogen-bond donors (Lipinski definition) is 2. The quantitative estimate of drug-likeness (QED) is 0.436. The number of sulfonamides is 1. The van der Waals surface area contributed by atoms with Gasteiger partial charge in [0.05, 0.1) is 5.69 Å². The minimum absolute atomic E-state index is 0.174. The molecule has 1 aromatic heterocycles. The van der Waals surface area contributed by atoms with E-state index in [0.29, 0.717) is 12.1 Å². The summed E-state index contributed by atoms with van der Waals surface area (Å²) in [6.45, 7) is 0.242. The van der Waals surface area contributed by atoms with Gasteiger partial charge < -0.3 is 5.32 Å². The Labute approximate surface area is 206 Å². The van der Waals surface area contributed by atoms with Crippen LogP contribution >= 0.6 is 23.1 Å². The van der Waals surface area contributed by atoms with E-state index in [-0.39, 0.29) is 12.5 Å². The van der Waals surface area contributed by atoms with E-state index in [1.165, 1.54) is 15.3 Å². The molecule has 1 aliphatic carbocycles. The lowest BCUT2D eigenvalue weighted by Crippen LogP contribution is -2.34. The van der Waals surface area contributed by atoms with Gasteiger partial charge in [-0.15, -0.1) is 23.1 Å². The first kappa shape index (κ1) is 23.7. The Hall–Kier alpha value is -2.01. The molecule has 2 heterocycles. The highest BCUT2D eigenvalue weighted by molar-refractivity contribution is 7.99. The SMILES string of the molecule is O=S(=O)(NCC1CCC(Nc2nc3c(s2)CCSc2ccccc2-3)CC1)c1ccc(F)cc1F. The van der Waals surface area contributed by atoms with Crippen LogP contribution in [0.5, 0.6) is 0 Å². The molecule has 0 unspecified atom stereocenters. The average Bonchev–Trinajstić information content (AvgIpc) is 3.12. The van der Waals surface area contributed by atoms with Crippen molar-refractivity contribution in [3.8, 4) is 11.3 Å². The lowest BCUT2D eigenvalue weighted by atomic mass is 9.86. The van der Waals surface area contributed by atoms with Gasteiger partial charge in [-0.1, -0.05) is 18.2 Å². The second kappa shape index (κ2) is 9.93. The Morgan fingerprint density at radius 1 is 1.06 bits per heavy atom. The number of aromatic nitrogens is 1. The first-order chi connectivity index (χ1) is 16.4. The third-order valence-electron chi connectivity index (χ3n) is 6.35. The van der Waals surface area contributed by atoms with E-state index < -0.39 is 26.6 Å². The van der Waals surface area contributed by atoms with Crippen LogP contribution in [0.1, 0.15) is 30.6 Å². The van der Waals surface area contributed by atoms with Crippen molar-refractivity contribution in [2.75, 3.05) is 17.6 Å². The largest absolute Gasteiger partial charge is 0.359 e. The number of fused-ring (bicyclic) bond motifs is 3. The molecule has 2 aromatic carbocycles. The highest BCUT2D eigenvalue weighted by Crippen LogP contribution is 2.41. The van der Waals surface area contributed by atoms with Crippen molar-refractivity contribution in [3.63, 3.8) is 0 Å². The summed E-state index contributed by atoms with van der Waals surface area (Å²) < 4.78 is 54.3. The molecule has 10 heteroatoms. The summed E-state index contributed by atoms with van der Waals surface area (Å²) in [5.74, 6) is -0.659. The van der Waals surface area contributed by atoms with Gasteiger partial charge >= 0.3 is 0 Å². The number of benzene rings is 2. The zero-order chi connectivity index (χ0) is 23.7. The maximum Gasteiger partial charge on any atom is 0.243 e. The van der Waals surface area contributed by atoms with Gasteiger partial charge in [-0.3, -0.25) is 0 Å². The van der Waals surface area contributed by atoms with Gasteiger partial charge in [0.25, 0.3) is 0 Å². The number of rotatable bonds is 6. The smallest absolute Gasteiger partial charge is 0.243 e. The topological polar surface area (TPSA) is 71.1 Å². The van der Waals surface area contributed by atoms with Crippen LogP contribution in [0.4, 0.5) is 13.9 Å². The Morgan fingerprint density at radius 3 is 2.65 bits per heavy atom. The molecule has 3 aromatic rings. The molecule has 1 aliphatic heterocycles. The van der Waals surface area contributed by atoms with Crippen LogP contribution in [-0.2, 0) is 16.4 Å².